The van der Waals surface area contributed by atoms with Crippen molar-refractivity contribution in [2.45, 2.75) is 26.2 Å². The number of carbonyl (C=O) groups excluding carboxylic acids is 1. The van der Waals surface area contributed by atoms with Crippen LogP contribution in [0.25, 0.3) is 22.5 Å². The molecule has 0 spiro atoms. The first kappa shape index (κ1) is 25.0. The lowest BCUT2D eigenvalue weighted by Crippen LogP contribution is -2.19. The highest BCUT2D eigenvalue weighted by molar-refractivity contribution is 5.99. The lowest BCUT2D eigenvalue weighted by molar-refractivity contribution is 0.261. The molecule has 188 valence electrons. The molecule has 0 saturated heterocycles. The van der Waals surface area contributed by atoms with Crippen molar-refractivity contribution in [3.8, 4) is 28.3 Å². The van der Waals surface area contributed by atoms with E-state index in [0.717, 1.165) is 34.8 Å². The van der Waals surface area contributed by atoms with Crippen LogP contribution in [-0.2, 0) is 5.41 Å². The van der Waals surface area contributed by atoms with Crippen molar-refractivity contribution in [2.75, 3.05) is 37.9 Å². The van der Waals surface area contributed by atoms with E-state index in [2.05, 4.69) is 30.9 Å². The first-order valence-corrected chi connectivity index (χ1v) is 11.8. The first-order chi connectivity index (χ1) is 17.2. The maximum atomic E-state index is 12.3. The van der Waals surface area contributed by atoms with Gasteiger partial charge >= 0.3 is 6.03 Å². The van der Waals surface area contributed by atoms with Gasteiger partial charge in [-0.1, -0.05) is 38.1 Å². The maximum Gasteiger partial charge on any atom is 0.324 e. The van der Waals surface area contributed by atoms with Gasteiger partial charge in [-0.15, -0.1) is 0 Å². The number of likely N-dealkylation sites (N-methyl/N-ethyl adjacent to an activating group) is 1. The molecule has 2 amide bonds. The number of nitrogens with zero attached hydrogens (tertiary/aromatic N) is 3. The summed E-state index contributed by atoms with van der Waals surface area (Å²) in [6, 6.07) is 18.7. The second-order valence-corrected chi connectivity index (χ2v) is 9.83. The predicted octanol–water partition coefficient (Wildman–Crippen LogP) is 5.61. The summed E-state index contributed by atoms with van der Waals surface area (Å²) in [6.07, 6.45) is 0. The van der Waals surface area contributed by atoms with Crippen molar-refractivity contribution >= 4 is 17.5 Å². The normalized spacial score (nSPS) is 11.5. The molecule has 4 rings (SSSR count). The summed E-state index contributed by atoms with van der Waals surface area (Å²) in [4.78, 5) is 14.4. The van der Waals surface area contributed by atoms with Crippen molar-refractivity contribution in [2.24, 2.45) is 0 Å². The third-order valence-electron chi connectivity index (χ3n) is 5.48. The fraction of sp³-hybridized carbons (Fsp3) is 0.296. The molecule has 3 N–H and O–H groups in total. The Kier molecular flexibility index (Phi) is 7.40. The molecule has 0 aliphatic carbocycles. The number of aromatic nitrogens is 3. The molecule has 0 aliphatic heterocycles. The van der Waals surface area contributed by atoms with Crippen molar-refractivity contribution in [1.82, 2.24) is 20.3 Å². The molecule has 0 unspecified atom stereocenters. The van der Waals surface area contributed by atoms with E-state index in [4.69, 9.17) is 9.26 Å². The molecule has 0 atom stereocenters. The molecular weight excluding hydrogens is 456 g/mol. The number of amides is 2. The van der Waals surface area contributed by atoms with Crippen LogP contribution in [0.5, 0.6) is 5.75 Å². The molecule has 2 heterocycles. The molecule has 0 aliphatic rings. The van der Waals surface area contributed by atoms with Crippen LogP contribution in [0.2, 0.25) is 0 Å². The number of anilines is 2. The van der Waals surface area contributed by atoms with E-state index < -0.39 is 6.03 Å². The fourth-order valence-electron chi connectivity index (χ4n) is 3.38. The SMILES string of the molecule is CN(C)CCOc1ccc(-c2cc(-c3ccc(NC(=O)Nc4cc(C(C)(C)C)on4)cc3)[nH]n2)cc1. The van der Waals surface area contributed by atoms with Crippen molar-refractivity contribution < 1.29 is 14.1 Å². The van der Waals surface area contributed by atoms with E-state index >= 15 is 0 Å². The molecule has 0 bridgehead atoms. The van der Waals surface area contributed by atoms with Crippen LogP contribution in [0.1, 0.15) is 26.5 Å². The highest BCUT2D eigenvalue weighted by Gasteiger charge is 2.20. The van der Waals surface area contributed by atoms with E-state index in [1.54, 1.807) is 6.07 Å². The van der Waals surface area contributed by atoms with E-state index in [1.165, 1.54) is 0 Å². The van der Waals surface area contributed by atoms with Crippen LogP contribution < -0.4 is 15.4 Å². The number of rotatable bonds is 8. The van der Waals surface area contributed by atoms with Gasteiger partial charge in [0.1, 0.15) is 18.1 Å². The zero-order valence-electron chi connectivity index (χ0n) is 21.3. The van der Waals surface area contributed by atoms with Gasteiger partial charge in [-0.2, -0.15) is 5.10 Å². The molecule has 2 aromatic heterocycles. The minimum Gasteiger partial charge on any atom is -0.492 e. The van der Waals surface area contributed by atoms with Gasteiger partial charge in [-0.05, 0) is 62.1 Å². The number of hydrogen-bond donors (Lipinski definition) is 3. The Morgan fingerprint density at radius 3 is 2.33 bits per heavy atom. The van der Waals surface area contributed by atoms with E-state index in [9.17, 15) is 4.79 Å². The third-order valence-corrected chi connectivity index (χ3v) is 5.48. The lowest BCUT2D eigenvalue weighted by Gasteiger charge is -2.12. The smallest absolute Gasteiger partial charge is 0.324 e. The number of urea groups is 1. The molecule has 0 saturated carbocycles. The summed E-state index contributed by atoms with van der Waals surface area (Å²) < 4.78 is 11.1. The summed E-state index contributed by atoms with van der Waals surface area (Å²) in [6.45, 7) is 7.55. The Balaban J connectivity index is 1.34. The van der Waals surface area contributed by atoms with Gasteiger partial charge in [-0.25, -0.2) is 4.79 Å². The van der Waals surface area contributed by atoms with E-state index in [0.29, 0.717) is 23.9 Å². The number of nitrogens with one attached hydrogen (secondary N) is 3. The number of hydrogen-bond acceptors (Lipinski definition) is 6. The Bertz CT molecular complexity index is 1280. The van der Waals surface area contributed by atoms with Crippen LogP contribution in [0.4, 0.5) is 16.3 Å². The number of benzene rings is 2. The highest BCUT2D eigenvalue weighted by Crippen LogP contribution is 2.27. The zero-order valence-corrected chi connectivity index (χ0v) is 21.3. The topological polar surface area (TPSA) is 108 Å². The number of H-pyrrole nitrogens is 1. The van der Waals surface area contributed by atoms with Crippen LogP contribution in [0.15, 0.2) is 65.2 Å². The molecule has 2 aromatic carbocycles. The highest BCUT2D eigenvalue weighted by atomic mass is 16.5. The first-order valence-electron chi connectivity index (χ1n) is 11.8. The van der Waals surface area contributed by atoms with Crippen molar-refractivity contribution in [3.63, 3.8) is 0 Å². The lowest BCUT2D eigenvalue weighted by atomic mass is 9.93. The molecule has 36 heavy (non-hydrogen) atoms. The Labute approximate surface area is 210 Å². The largest absolute Gasteiger partial charge is 0.492 e. The molecule has 0 fully saturated rings. The van der Waals surface area contributed by atoms with E-state index in [-0.39, 0.29) is 5.41 Å². The summed E-state index contributed by atoms with van der Waals surface area (Å²) >= 11 is 0. The summed E-state index contributed by atoms with van der Waals surface area (Å²) in [5.74, 6) is 1.90. The quantitative estimate of drug-likeness (QED) is 0.297. The van der Waals surface area contributed by atoms with Gasteiger partial charge in [0.15, 0.2) is 5.82 Å². The summed E-state index contributed by atoms with van der Waals surface area (Å²) in [5.41, 5.74) is 4.14. The van der Waals surface area contributed by atoms with Crippen molar-refractivity contribution in [3.05, 3.63) is 66.4 Å². The van der Waals surface area contributed by atoms with E-state index in [1.807, 2.05) is 89.5 Å². The second kappa shape index (κ2) is 10.7. The Morgan fingerprint density at radius 2 is 1.69 bits per heavy atom. The molecule has 9 heteroatoms. The van der Waals surface area contributed by atoms with Gasteiger partial charge in [0.2, 0.25) is 0 Å². The average Bonchev–Trinajstić information content (AvgIpc) is 3.50. The third kappa shape index (κ3) is 6.51. The average molecular weight is 489 g/mol. The minimum absolute atomic E-state index is 0.185. The van der Waals surface area contributed by atoms with Crippen LogP contribution in [0, 0.1) is 0 Å². The number of aromatic amines is 1. The zero-order chi connectivity index (χ0) is 25.7. The van der Waals surface area contributed by atoms with Gasteiger partial charge in [0.05, 0.1) is 11.4 Å². The van der Waals surface area contributed by atoms with Crippen LogP contribution in [-0.4, -0.2) is 53.5 Å². The minimum atomic E-state index is -0.394. The van der Waals surface area contributed by atoms with Gasteiger partial charge < -0.3 is 19.5 Å². The van der Waals surface area contributed by atoms with Gasteiger partial charge in [0.25, 0.3) is 0 Å². The standard InChI is InChI=1S/C27H32N6O3/c1-27(2,3)24-17-25(32-36-24)29-26(34)28-20-10-6-18(7-11-20)22-16-23(31-30-22)19-8-12-21(13-9-19)35-15-14-33(4)5/h6-13,16-17H,14-15H2,1-5H3,(H,30,31)(H2,28,29,32,34). The fourth-order valence-corrected chi connectivity index (χ4v) is 3.38. The van der Waals surface area contributed by atoms with Crippen molar-refractivity contribution in [1.29, 1.82) is 0 Å². The summed E-state index contributed by atoms with van der Waals surface area (Å²) in [5, 5.41) is 16.9. The maximum absolute atomic E-state index is 12.3. The molecule has 9 nitrogen and oxygen atoms in total. The number of ether oxygens (including phenoxy) is 1. The number of carbonyl (C=O) groups is 1. The molecular formula is C27H32N6O3. The monoisotopic (exact) mass is 488 g/mol. The molecule has 4 aromatic rings. The van der Waals surface area contributed by atoms with Crippen LogP contribution >= 0.6 is 0 Å². The predicted molar refractivity (Wildman–Crippen MR) is 141 cm³/mol. The van der Waals surface area contributed by atoms with Gasteiger partial charge in [0, 0.05) is 29.3 Å². The molecule has 0 radical (unpaired) electrons. The van der Waals surface area contributed by atoms with Gasteiger partial charge in [-0.3, -0.25) is 10.4 Å². The Hall–Kier alpha value is -4.11. The Morgan fingerprint density at radius 1 is 1.00 bits per heavy atom. The summed E-state index contributed by atoms with van der Waals surface area (Å²) in [7, 11) is 4.04. The second-order valence-electron chi connectivity index (χ2n) is 9.83. The van der Waals surface area contributed by atoms with Crippen LogP contribution in [0.3, 0.4) is 0 Å².